The lowest BCUT2D eigenvalue weighted by atomic mass is 10.2. The van der Waals surface area contributed by atoms with E-state index in [-0.39, 0.29) is 37.7 Å². The molecule has 0 aliphatic carbocycles. The molecule has 218 valence electrons. The van der Waals surface area contributed by atoms with E-state index in [1.165, 1.54) is 4.90 Å². The Labute approximate surface area is 244 Å². The number of hydrogen-bond donors (Lipinski definition) is 3. The molecule has 2 aliphatic rings. The number of carboxylic acid groups (broad SMARTS) is 1. The van der Waals surface area contributed by atoms with E-state index >= 15 is 0 Å². The summed E-state index contributed by atoms with van der Waals surface area (Å²) >= 11 is 7.01. The monoisotopic (exact) mass is 610 g/mol. The predicted octanol–water partition coefficient (Wildman–Crippen LogP) is 2.13. The zero-order valence-electron chi connectivity index (χ0n) is 22.2. The van der Waals surface area contributed by atoms with Crippen molar-refractivity contribution < 1.29 is 32.5 Å². The molecule has 2 heterocycles. The predicted molar refractivity (Wildman–Crippen MR) is 159 cm³/mol. The van der Waals surface area contributed by atoms with Crippen molar-refractivity contribution in [3.05, 3.63) is 53.1 Å². The topological polar surface area (TPSA) is 148 Å². The van der Waals surface area contributed by atoms with Gasteiger partial charge < -0.3 is 20.2 Å². The van der Waals surface area contributed by atoms with Gasteiger partial charge in [0.2, 0.25) is 5.91 Å². The number of benzene rings is 1. The Balaban J connectivity index is 1.52. The minimum absolute atomic E-state index is 0.187. The molecule has 0 spiro atoms. The van der Waals surface area contributed by atoms with E-state index < -0.39 is 28.0 Å². The molecule has 2 amide bonds. The maximum Gasteiger partial charge on any atom is 0.326 e. The van der Waals surface area contributed by atoms with Crippen LogP contribution in [0.25, 0.3) is 0 Å². The van der Waals surface area contributed by atoms with Gasteiger partial charge in [0.15, 0.2) is 0 Å². The van der Waals surface area contributed by atoms with Gasteiger partial charge in [0, 0.05) is 49.6 Å². The summed E-state index contributed by atoms with van der Waals surface area (Å²) in [5.74, 6) is -1.09. The number of likely N-dealkylation sites (tertiary alicyclic amines) is 1. The van der Waals surface area contributed by atoms with Gasteiger partial charge in [0.1, 0.15) is 12.6 Å². The molecule has 0 bridgehead atoms. The van der Waals surface area contributed by atoms with Gasteiger partial charge in [-0.1, -0.05) is 36.5 Å². The third-order valence-corrected chi connectivity index (χ3v) is 8.73. The number of anilines is 1. The highest BCUT2D eigenvalue weighted by Gasteiger charge is 2.32. The minimum atomic E-state index is -3.96. The van der Waals surface area contributed by atoms with Crippen molar-refractivity contribution >= 4 is 62.6 Å². The Kier molecular flexibility index (Phi) is 11.5. The molecular weight excluding hydrogens is 577 g/mol. The van der Waals surface area contributed by atoms with Crippen LogP contribution < -0.4 is 10.2 Å². The third kappa shape index (κ3) is 9.32. The number of rotatable bonds is 14. The van der Waals surface area contributed by atoms with Crippen LogP contribution in [0.2, 0.25) is 0 Å². The van der Waals surface area contributed by atoms with E-state index in [1.807, 2.05) is 24.3 Å². The molecule has 1 unspecified atom stereocenters. The molecular formula is C26H34N4O7S3. The van der Waals surface area contributed by atoms with Crippen molar-refractivity contribution in [2.75, 3.05) is 49.1 Å². The average Bonchev–Trinajstić information content (AvgIpc) is 3.46. The summed E-state index contributed by atoms with van der Waals surface area (Å²) in [5.41, 5.74) is 1.21. The Morgan fingerprint density at radius 2 is 1.95 bits per heavy atom. The Bertz CT molecular complexity index is 1270. The number of nitrogens with one attached hydrogen (secondary N) is 1. The minimum Gasteiger partial charge on any atom is -0.480 e. The van der Waals surface area contributed by atoms with Gasteiger partial charge in [-0.2, -0.15) is 8.42 Å². The first-order valence-electron chi connectivity index (χ1n) is 12.9. The van der Waals surface area contributed by atoms with Gasteiger partial charge >= 0.3 is 5.97 Å². The van der Waals surface area contributed by atoms with Crippen molar-refractivity contribution in [1.82, 2.24) is 15.1 Å². The number of hydrogen-bond acceptors (Lipinski definition) is 9. The summed E-state index contributed by atoms with van der Waals surface area (Å²) in [6.45, 7) is 3.26. The van der Waals surface area contributed by atoms with E-state index in [1.54, 1.807) is 41.8 Å². The second-order valence-electron chi connectivity index (χ2n) is 9.38. The second-order valence-corrected chi connectivity index (χ2v) is 12.5. The molecule has 2 saturated heterocycles. The second kappa shape index (κ2) is 14.6. The quantitative estimate of drug-likeness (QED) is 0.123. The lowest BCUT2D eigenvalue weighted by Crippen LogP contribution is -2.45. The fourth-order valence-corrected chi connectivity index (χ4v) is 6.24. The number of thioether (sulfide) groups is 1. The van der Waals surface area contributed by atoms with Gasteiger partial charge in [-0.3, -0.25) is 19.0 Å². The van der Waals surface area contributed by atoms with Crippen LogP contribution in [0.5, 0.6) is 0 Å². The highest BCUT2D eigenvalue weighted by Crippen LogP contribution is 2.29. The van der Waals surface area contributed by atoms with Gasteiger partial charge in [-0.25, -0.2) is 4.79 Å². The standard InChI is InChI=1S/C26H34N4O7S3/c1-19(26(33)34)29(21-7-3-2-4-8-21)13-11-27-22(31)18-30-23(38)17-20(25(30)32)9-10-24-28(14-15-39-24)12-5-6-16-40(35,36)37/h2-4,7-10,19H,5-6,11-18H2,1H3,(H,27,31)(H,33,34)(H,35,36,37)/b20-9+,24-10-. The summed E-state index contributed by atoms with van der Waals surface area (Å²) in [6.07, 6.45) is 4.79. The lowest BCUT2D eigenvalue weighted by molar-refractivity contribution is -0.138. The number of carboxylic acids is 1. The molecule has 11 nitrogen and oxygen atoms in total. The number of allylic oxidation sites excluding steroid dienone is 2. The SMILES string of the molecule is CC(C(=O)O)N(CCNC(=O)CN1C(=O)/C(=C/C=C2\SCCN2CCCCS(=O)(=O)O)CC1=S)c1ccccc1. The molecule has 3 N–H and O–H groups in total. The van der Waals surface area contributed by atoms with Crippen LogP contribution in [0.4, 0.5) is 5.69 Å². The number of aliphatic carboxylic acids is 1. The fraction of sp³-hybridized carbons (Fsp3) is 0.462. The van der Waals surface area contributed by atoms with E-state index in [9.17, 15) is 27.9 Å². The number of carbonyl (C=O) groups excluding carboxylic acids is 2. The number of unbranched alkanes of at least 4 members (excludes halogenated alkanes) is 1. The van der Waals surface area contributed by atoms with Crippen LogP contribution in [0.15, 0.2) is 53.1 Å². The smallest absolute Gasteiger partial charge is 0.326 e. The van der Waals surface area contributed by atoms with Gasteiger partial charge in [0.25, 0.3) is 16.0 Å². The molecule has 1 atom stereocenters. The van der Waals surface area contributed by atoms with Crippen LogP contribution in [0, 0.1) is 0 Å². The van der Waals surface area contributed by atoms with E-state index in [2.05, 4.69) is 10.2 Å². The summed E-state index contributed by atoms with van der Waals surface area (Å²) in [7, 11) is -3.96. The third-order valence-electron chi connectivity index (χ3n) is 6.48. The van der Waals surface area contributed by atoms with Crippen molar-refractivity contribution in [2.24, 2.45) is 0 Å². The fourth-order valence-electron chi connectivity index (χ4n) is 4.32. The maximum absolute atomic E-state index is 13.0. The number of para-hydroxylation sites is 1. The number of amides is 2. The molecule has 0 saturated carbocycles. The summed E-state index contributed by atoms with van der Waals surface area (Å²) in [6, 6.07) is 8.28. The maximum atomic E-state index is 13.0. The number of thiocarbonyl (C=S) groups is 1. The first-order chi connectivity index (χ1) is 19.0. The summed E-state index contributed by atoms with van der Waals surface area (Å²) in [5, 5.41) is 13.2. The van der Waals surface area contributed by atoms with Gasteiger partial charge in [0.05, 0.1) is 15.8 Å². The first-order valence-corrected chi connectivity index (χ1v) is 15.9. The van der Waals surface area contributed by atoms with E-state index in [0.29, 0.717) is 29.9 Å². The molecule has 1 aromatic carbocycles. The Morgan fingerprint density at radius 1 is 1.23 bits per heavy atom. The first kappa shape index (κ1) is 31.6. The zero-order chi connectivity index (χ0) is 29.3. The molecule has 14 heteroatoms. The van der Waals surface area contributed by atoms with Crippen LogP contribution >= 0.6 is 24.0 Å². The molecule has 0 radical (unpaired) electrons. The molecule has 40 heavy (non-hydrogen) atoms. The average molecular weight is 611 g/mol. The summed E-state index contributed by atoms with van der Waals surface area (Å²) < 4.78 is 30.7. The van der Waals surface area contributed by atoms with Crippen LogP contribution in [0.3, 0.4) is 0 Å². The van der Waals surface area contributed by atoms with Gasteiger partial charge in [-0.05, 0) is 38.0 Å². The van der Waals surface area contributed by atoms with E-state index in [4.69, 9.17) is 16.8 Å². The highest BCUT2D eigenvalue weighted by atomic mass is 32.2. The van der Waals surface area contributed by atoms with Gasteiger partial charge in [-0.15, -0.1) is 11.8 Å². The van der Waals surface area contributed by atoms with Crippen LogP contribution in [-0.2, 0) is 24.5 Å². The number of nitrogens with zero attached hydrogens (tertiary/aromatic N) is 3. The molecule has 0 aromatic heterocycles. The largest absolute Gasteiger partial charge is 0.480 e. The van der Waals surface area contributed by atoms with E-state index in [0.717, 1.165) is 23.0 Å². The normalized spacial score (nSPS) is 18.6. The lowest BCUT2D eigenvalue weighted by Gasteiger charge is -2.29. The van der Waals surface area contributed by atoms with Crippen LogP contribution in [0.1, 0.15) is 26.2 Å². The molecule has 2 fully saturated rings. The molecule has 3 rings (SSSR count). The van der Waals surface area contributed by atoms with Crippen LogP contribution in [-0.4, -0.2) is 101 Å². The van der Waals surface area contributed by atoms with Crippen molar-refractivity contribution in [2.45, 2.75) is 32.2 Å². The van der Waals surface area contributed by atoms with Crippen molar-refractivity contribution in [3.63, 3.8) is 0 Å². The van der Waals surface area contributed by atoms with Crippen molar-refractivity contribution in [1.29, 1.82) is 0 Å². The number of carbonyl (C=O) groups is 3. The Hall–Kier alpha value is -2.94. The van der Waals surface area contributed by atoms with Crippen molar-refractivity contribution in [3.8, 4) is 0 Å². The highest BCUT2D eigenvalue weighted by molar-refractivity contribution is 8.03. The zero-order valence-corrected chi connectivity index (χ0v) is 24.6. The Morgan fingerprint density at radius 3 is 2.62 bits per heavy atom. The molecule has 2 aliphatic heterocycles. The molecule has 1 aromatic rings. The summed E-state index contributed by atoms with van der Waals surface area (Å²) in [4.78, 5) is 42.6.